The largest absolute Gasteiger partial charge is 0.500 e. The van der Waals surface area contributed by atoms with Crippen molar-refractivity contribution in [2.24, 2.45) is 5.73 Å². The van der Waals surface area contributed by atoms with Gasteiger partial charge in [0.15, 0.2) is 0 Å². The summed E-state index contributed by atoms with van der Waals surface area (Å²) in [7, 11) is -2.67. The van der Waals surface area contributed by atoms with E-state index in [1.54, 1.807) is 0 Å². The second kappa shape index (κ2) is 18.7. The van der Waals surface area contributed by atoms with Crippen molar-refractivity contribution in [1.82, 2.24) is 5.32 Å². The van der Waals surface area contributed by atoms with E-state index in [9.17, 15) is 4.79 Å². The second-order valence-corrected chi connectivity index (χ2v) is 9.83. The number of carbonyl (C=O) groups is 1. The molecule has 0 fully saturated rings. The molecule has 0 aliphatic heterocycles. The van der Waals surface area contributed by atoms with Crippen molar-refractivity contribution >= 4 is 14.8 Å². The molecule has 0 bridgehead atoms. The molecule has 6 nitrogen and oxygen atoms in total. The van der Waals surface area contributed by atoms with E-state index in [1.165, 1.54) is 38.5 Å². The van der Waals surface area contributed by atoms with E-state index >= 15 is 0 Å². The fourth-order valence-corrected chi connectivity index (χ4v) is 5.49. The number of hydrogen-bond acceptors (Lipinski definition) is 4. The summed E-state index contributed by atoms with van der Waals surface area (Å²) < 4.78 is 18.9. The van der Waals surface area contributed by atoms with Crippen molar-refractivity contribution in [2.75, 3.05) is 26.4 Å². The number of nitrogens with two attached hydrogens (primary N) is 1. The lowest BCUT2D eigenvalue weighted by Gasteiger charge is -2.30. The van der Waals surface area contributed by atoms with Gasteiger partial charge in [0, 0.05) is 32.4 Å². The third-order valence-corrected chi connectivity index (χ3v) is 7.32. The van der Waals surface area contributed by atoms with Gasteiger partial charge >= 0.3 is 14.8 Å². The standard InChI is InChI=1S/C20H44N2O4Si/c1-4-7-11-16-24-27(25-17-12-8-5-2,26-18-13-9-6-3)19-14-10-15-22-20(21)23/h4-19H2,1-3H3,(H3,21,22,23). The van der Waals surface area contributed by atoms with Gasteiger partial charge in [-0.15, -0.1) is 0 Å². The third-order valence-electron chi connectivity index (χ3n) is 4.42. The number of urea groups is 1. The molecule has 0 saturated carbocycles. The van der Waals surface area contributed by atoms with Crippen LogP contribution in [0.1, 0.15) is 91.4 Å². The van der Waals surface area contributed by atoms with E-state index in [4.69, 9.17) is 19.0 Å². The van der Waals surface area contributed by atoms with E-state index < -0.39 is 14.8 Å². The maximum absolute atomic E-state index is 10.8. The average Bonchev–Trinajstić information content (AvgIpc) is 2.65. The Hall–Kier alpha value is -0.633. The number of primary amides is 1. The molecule has 0 aromatic rings. The summed E-state index contributed by atoms with van der Waals surface area (Å²) in [5.74, 6) is 0. The molecule has 0 saturated heterocycles. The topological polar surface area (TPSA) is 82.8 Å². The Morgan fingerprint density at radius 1 is 0.741 bits per heavy atom. The molecule has 2 amide bonds. The first-order valence-electron chi connectivity index (χ1n) is 11.0. The van der Waals surface area contributed by atoms with Crippen molar-refractivity contribution in [3.8, 4) is 0 Å². The minimum Gasteiger partial charge on any atom is -0.373 e. The minimum absolute atomic E-state index is 0.471. The number of hydrogen-bond donors (Lipinski definition) is 2. The summed E-state index contributed by atoms with van der Waals surface area (Å²) >= 11 is 0. The molecule has 0 atom stereocenters. The second-order valence-electron chi connectivity index (χ2n) is 7.10. The van der Waals surface area contributed by atoms with E-state index in [2.05, 4.69) is 26.1 Å². The highest BCUT2D eigenvalue weighted by Gasteiger charge is 2.40. The molecule has 0 spiro atoms. The summed E-state index contributed by atoms with van der Waals surface area (Å²) in [6, 6.07) is 0.332. The monoisotopic (exact) mass is 404 g/mol. The number of rotatable bonds is 20. The molecule has 0 aliphatic rings. The molecule has 0 aromatic heterocycles. The molecule has 0 heterocycles. The van der Waals surface area contributed by atoms with Gasteiger partial charge in [-0.1, -0.05) is 59.3 Å². The van der Waals surface area contributed by atoms with Gasteiger partial charge in [0.2, 0.25) is 0 Å². The normalized spacial score (nSPS) is 11.7. The molecular weight excluding hydrogens is 360 g/mol. The maximum atomic E-state index is 10.8. The molecule has 162 valence electrons. The van der Waals surface area contributed by atoms with Crippen LogP contribution in [0.4, 0.5) is 4.79 Å². The first-order valence-corrected chi connectivity index (χ1v) is 13.0. The molecule has 0 unspecified atom stereocenters. The van der Waals surface area contributed by atoms with Gasteiger partial charge in [-0.3, -0.25) is 0 Å². The van der Waals surface area contributed by atoms with Crippen LogP contribution in [0.3, 0.4) is 0 Å². The Balaban J connectivity index is 4.68. The third kappa shape index (κ3) is 16.1. The Bertz CT molecular complexity index is 315. The summed E-state index contributed by atoms with van der Waals surface area (Å²) in [6.07, 6.45) is 11.9. The van der Waals surface area contributed by atoms with Crippen LogP contribution in [0, 0.1) is 0 Å². The number of nitrogens with one attached hydrogen (secondary N) is 1. The van der Waals surface area contributed by atoms with Gasteiger partial charge in [0.05, 0.1) is 0 Å². The van der Waals surface area contributed by atoms with Gasteiger partial charge in [-0.25, -0.2) is 4.79 Å². The fourth-order valence-electron chi connectivity index (χ4n) is 2.76. The maximum Gasteiger partial charge on any atom is 0.500 e. The fraction of sp³-hybridized carbons (Fsp3) is 0.950. The molecule has 7 heteroatoms. The summed E-state index contributed by atoms with van der Waals surface area (Å²) in [5, 5.41) is 2.64. The van der Waals surface area contributed by atoms with E-state index in [-0.39, 0.29) is 0 Å². The number of amides is 2. The van der Waals surface area contributed by atoms with E-state index in [1.807, 2.05) is 0 Å². The van der Waals surface area contributed by atoms with Crippen LogP contribution < -0.4 is 11.1 Å². The molecule has 0 rings (SSSR count). The van der Waals surface area contributed by atoms with Crippen LogP contribution in [0.5, 0.6) is 0 Å². The molecule has 27 heavy (non-hydrogen) atoms. The zero-order valence-corrected chi connectivity index (χ0v) is 19.0. The zero-order chi connectivity index (χ0) is 20.2. The van der Waals surface area contributed by atoms with Crippen molar-refractivity contribution < 1.29 is 18.1 Å². The van der Waals surface area contributed by atoms with Crippen LogP contribution >= 0.6 is 0 Å². The van der Waals surface area contributed by atoms with Crippen LogP contribution in [-0.2, 0) is 13.3 Å². The highest BCUT2D eigenvalue weighted by molar-refractivity contribution is 6.60. The van der Waals surface area contributed by atoms with Gasteiger partial charge in [-0.2, -0.15) is 0 Å². The lowest BCUT2D eigenvalue weighted by Crippen LogP contribution is -2.46. The van der Waals surface area contributed by atoms with Crippen LogP contribution in [0.15, 0.2) is 0 Å². The summed E-state index contributed by atoms with van der Waals surface area (Å²) in [4.78, 5) is 10.8. The van der Waals surface area contributed by atoms with Gasteiger partial charge in [0.25, 0.3) is 0 Å². The molecule has 0 aromatic carbocycles. The molecule has 0 radical (unpaired) electrons. The number of unbranched alkanes of at least 4 members (excludes halogenated alkanes) is 7. The highest BCUT2D eigenvalue weighted by Crippen LogP contribution is 2.21. The Labute approximate surface area is 168 Å². The highest BCUT2D eigenvalue weighted by atomic mass is 28.4. The first kappa shape index (κ1) is 26.4. The van der Waals surface area contributed by atoms with Crippen LogP contribution in [0.25, 0.3) is 0 Å². The van der Waals surface area contributed by atoms with E-state index in [0.717, 1.165) is 38.1 Å². The smallest absolute Gasteiger partial charge is 0.373 e. The van der Waals surface area contributed by atoms with Crippen molar-refractivity contribution in [2.45, 2.75) is 97.4 Å². The van der Waals surface area contributed by atoms with Crippen molar-refractivity contribution in [1.29, 1.82) is 0 Å². The molecule has 0 aliphatic carbocycles. The van der Waals surface area contributed by atoms with Crippen LogP contribution in [-0.4, -0.2) is 41.2 Å². The predicted octanol–water partition coefficient (Wildman–Crippen LogP) is 4.99. The number of carbonyl (C=O) groups excluding carboxylic acids is 1. The van der Waals surface area contributed by atoms with E-state index in [0.29, 0.717) is 26.4 Å². The SMILES string of the molecule is CCCCCO[Si](CCCCNC(N)=O)(OCCCCC)OCCCCC. The van der Waals surface area contributed by atoms with Gasteiger partial charge in [0.1, 0.15) is 0 Å². The zero-order valence-electron chi connectivity index (χ0n) is 18.0. The Morgan fingerprint density at radius 3 is 1.56 bits per heavy atom. The Kier molecular flexibility index (Phi) is 18.3. The minimum atomic E-state index is -2.67. The van der Waals surface area contributed by atoms with Gasteiger partial charge in [-0.05, 0) is 32.1 Å². The summed E-state index contributed by atoms with van der Waals surface area (Å²) in [6.45, 7) is 9.29. The average molecular weight is 405 g/mol. The lowest BCUT2D eigenvalue weighted by molar-refractivity contribution is 0.0549. The van der Waals surface area contributed by atoms with Crippen LogP contribution in [0.2, 0.25) is 6.04 Å². The lowest BCUT2D eigenvalue weighted by atomic mass is 10.3. The molecule has 3 N–H and O–H groups in total. The quantitative estimate of drug-likeness (QED) is 0.221. The Morgan fingerprint density at radius 2 is 1.19 bits per heavy atom. The first-order chi connectivity index (χ1) is 13.1. The van der Waals surface area contributed by atoms with Gasteiger partial charge < -0.3 is 24.3 Å². The van der Waals surface area contributed by atoms with Crippen molar-refractivity contribution in [3.63, 3.8) is 0 Å². The molecular formula is C20H44N2O4Si. The van der Waals surface area contributed by atoms with Crippen molar-refractivity contribution in [3.05, 3.63) is 0 Å². The predicted molar refractivity (Wildman–Crippen MR) is 114 cm³/mol. The summed E-state index contributed by atoms with van der Waals surface area (Å²) in [5.41, 5.74) is 5.13.